The first kappa shape index (κ1) is 25.4. The molecule has 1 saturated carbocycles. The molecule has 3 aliphatic carbocycles. The number of rotatable bonds is 4. The van der Waals surface area contributed by atoms with Gasteiger partial charge in [0, 0.05) is 24.7 Å². The molecule has 4 fully saturated rings. The molecule has 4 heterocycles. The zero-order valence-corrected chi connectivity index (χ0v) is 23.3. The molecule has 7 aliphatic rings. The summed E-state index contributed by atoms with van der Waals surface area (Å²) >= 11 is 0. The maximum absolute atomic E-state index is 16.6. The van der Waals surface area contributed by atoms with Crippen LogP contribution in [-0.2, 0) is 16.0 Å². The first-order chi connectivity index (χ1) is 19.9. The maximum Gasteiger partial charge on any atom is 0.314 e. The molecule has 7 atom stereocenters. The van der Waals surface area contributed by atoms with E-state index in [9.17, 15) is 9.18 Å². The molecule has 1 amide bonds. The van der Waals surface area contributed by atoms with E-state index < -0.39 is 17.8 Å². The summed E-state index contributed by atoms with van der Waals surface area (Å²) in [5.41, 5.74) is 4.28. The van der Waals surface area contributed by atoms with Gasteiger partial charge in [0.15, 0.2) is 5.83 Å². The van der Waals surface area contributed by atoms with Gasteiger partial charge in [0.25, 0.3) is 5.91 Å². The Hall–Kier alpha value is -3.33. The van der Waals surface area contributed by atoms with Crippen LogP contribution < -0.4 is 0 Å². The molecule has 3 saturated heterocycles. The summed E-state index contributed by atoms with van der Waals surface area (Å²) in [6.45, 7) is 5.68. The summed E-state index contributed by atoms with van der Waals surface area (Å²) in [6.07, 6.45) is 9.13. The second-order valence-corrected chi connectivity index (χ2v) is 12.7. The number of carbonyl (C=O) groups excluding carboxylic acids is 1. The first-order valence-electron chi connectivity index (χ1n) is 15.0. The van der Waals surface area contributed by atoms with E-state index in [0.29, 0.717) is 43.5 Å². The van der Waals surface area contributed by atoms with E-state index in [4.69, 9.17) is 14.7 Å². The van der Waals surface area contributed by atoms with Crippen LogP contribution in [0.2, 0.25) is 0 Å². The number of amidine groups is 2. The van der Waals surface area contributed by atoms with Gasteiger partial charge in [-0.15, -0.1) is 0 Å². The Balaban J connectivity index is 1.11. The van der Waals surface area contributed by atoms with Crippen LogP contribution in [-0.4, -0.2) is 89.9 Å². The summed E-state index contributed by atoms with van der Waals surface area (Å²) < 4.78 is 36.4. The summed E-state index contributed by atoms with van der Waals surface area (Å²) in [5.74, 6) is -0.200. The molecule has 0 aromatic heterocycles. The molecule has 0 bridgehead atoms. The van der Waals surface area contributed by atoms with Crippen molar-refractivity contribution in [2.75, 3.05) is 33.3 Å². The van der Waals surface area contributed by atoms with E-state index in [2.05, 4.69) is 35.6 Å². The Kier molecular flexibility index (Phi) is 5.78. The number of benzene rings is 1. The van der Waals surface area contributed by atoms with Crippen molar-refractivity contribution in [1.29, 1.82) is 0 Å². The minimum atomic E-state index is -0.932. The van der Waals surface area contributed by atoms with Crippen LogP contribution in [0.25, 0.3) is 5.57 Å². The Morgan fingerprint density at radius 1 is 1.22 bits per heavy atom. The molecule has 1 aromatic rings. The minimum absolute atomic E-state index is 0.00375. The topological polar surface area (TPSA) is 60.7 Å². The second kappa shape index (κ2) is 9.34. The van der Waals surface area contributed by atoms with Gasteiger partial charge in [0.1, 0.15) is 24.3 Å². The standard InChI is InChI=1S/C32H35F2N5O2/c1-17(33)31(40)38-12-10-25-26(38)15-39(25)30-23-9-8-22(21-7-3-5-18-13-19-14-24(19)27(18)21)28(34)29(23)35-32(36-30)41-16-20-6-4-11-37(20)2/h3,5,7-9,19-20,23-26,29H,1,4,6,10-16H2,2H3/t19?,20-,23?,24?,25+,26+,29?/m0/s1. The molecule has 0 radical (unpaired) electrons. The number of likely N-dealkylation sites (N-methyl/N-ethyl adjacent to an activating group) is 1. The van der Waals surface area contributed by atoms with E-state index in [0.717, 1.165) is 37.2 Å². The van der Waals surface area contributed by atoms with Crippen molar-refractivity contribution < 1.29 is 18.3 Å². The fraction of sp³-hybridized carbons (Fsp3) is 0.531. The van der Waals surface area contributed by atoms with Crippen LogP contribution in [0.1, 0.15) is 48.3 Å². The van der Waals surface area contributed by atoms with Crippen molar-refractivity contribution >= 4 is 23.3 Å². The molecule has 7 nitrogen and oxygen atoms in total. The van der Waals surface area contributed by atoms with Gasteiger partial charge in [0.2, 0.25) is 0 Å². The van der Waals surface area contributed by atoms with Gasteiger partial charge in [-0.25, -0.2) is 13.8 Å². The lowest BCUT2D eigenvalue weighted by atomic mass is 9.82. The van der Waals surface area contributed by atoms with E-state index >= 15 is 4.39 Å². The van der Waals surface area contributed by atoms with Crippen LogP contribution in [0.4, 0.5) is 8.78 Å². The molecule has 4 unspecified atom stereocenters. The number of carbonyl (C=O) groups is 1. The van der Waals surface area contributed by atoms with Gasteiger partial charge >= 0.3 is 6.02 Å². The SMILES string of the molecule is C=C(F)C(=O)N1CC[C@@H]2[C@H]1CN2C1=NC(OC[C@@H]2CCCN2C)=NC2C(F)=C(c3cccc4c3C3CC3C4)C=CC12. The van der Waals surface area contributed by atoms with Crippen molar-refractivity contribution in [1.82, 2.24) is 14.7 Å². The summed E-state index contributed by atoms with van der Waals surface area (Å²) in [7, 11) is 2.09. The van der Waals surface area contributed by atoms with E-state index in [-0.39, 0.29) is 35.9 Å². The molecule has 1 aromatic carbocycles. The lowest BCUT2D eigenvalue weighted by Gasteiger charge is -2.50. The van der Waals surface area contributed by atoms with Gasteiger partial charge in [-0.2, -0.15) is 4.99 Å². The van der Waals surface area contributed by atoms with Crippen LogP contribution >= 0.6 is 0 Å². The number of ether oxygens (including phenoxy) is 1. The zero-order chi connectivity index (χ0) is 28.0. The fourth-order valence-corrected chi connectivity index (χ4v) is 8.15. The predicted molar refractivity (Wildman–Crippen MR) is 153 cm³/mol. The van der Waals surface area contributed by atoms with Crippen LogP contribution in [0.15, 0.2) is 58.6 Å². The van der Waals surface area contributed by atoms with Crippen molar-refractivity contribution in [3.8, 4) is 0 Å². The first-order valence-corrected chi connectivity index (χ1v) is 15.0. The van der Waals surface area contributed by atoms with Gasteiger partial charge in [-0.1, -0.05) is 36.9 Å². The van der Waals surface area contributed by atoms with E-state index in [1.54, 1.807) is 4.90 Å². The van der Waals surface area contributed by atoms with Crippen LogP contribution in [0.3, 0.4) is 0 Å². The molecule has 8 rings (SSSR count). The molecular weight excluding hydrogens is 524 g/mol. The van der Waals surface area contributed by atoms with Crippen LogP contribution in [0.5, 0.6) is 0 Å². The molecule has 214 valence electrons. The minimum Gasteiger partial charge on any atom is -0.462 e. The zero-order valence-electron chi connectivity index (χ0n) is 23.3. The highest BCUT2D eigenvalue weighted by Gasteiger charge is 2.53. The maximum atomic E-state index is 16.6. The number of fused-ring (bicyclic) bond motifs is 5. The number of amides is 1. The third-order valence-corrected chi connectivity index (χ3v) is 10.5. The van der Waals surface area contributed by atoms with Crippen molar-refractivity contribution in [2.45, 2.75) is 62.2 Å². The normalized spacial score (nSPS) is 34.9. The number of hydrogen-bond donors (Lipinski definition) is 0. The van der Waals surface area contributed by atoms with Crippen molar-refractivity contribution in [3.05, 3.63) is 65.3 Å². The molecule has 41 heavy (non-hydrogen) atoms. The average Bonchev–Trinajstić information content (AvgIpc) is 3.24. The number of allylic oxidation sites excluding steroid dienone is 2. The highest BCUT2D eigenvalue weighted by atomic mass is 19.1. The van der Waals surface area contributed by atoms with E-state index in [1.807, 2.05) is 18.2 Å². The Bertz CT molecular complexity index is 1470. The lowest BCUT2D eigenvalue weighted by Crippen LogP contribution is -2.66. The second-order valence-electron chi connectivity index (χ2n) is 12.7. The Morgan fingerprint density at radius 2 is 2.10 bits per heavy atom. The molecule has 4 aliphatic heterocycles. The number of aliphatic imine (C=N–C) groups is 2. The number of likely N-dealkylation sites (tertiary alicyclic amines) is 3. The van der Waals surface area contributed by atoms with Gasteiger partial charge in [-0.3, -0.25) is 4.79 Å². The molecule has 0 spiro atoms. The predicted octanol–water partition coefficient (Wildman–Crippen LogP) is 4.23. The van der Waals surface area contributed by atoms with Crippen LogP contribution in [0, 0.1) is 11.8 Å². The quantitative estimate of drug-likeness (QED) is 0.519. The number of hydrogen-bond acceptors (Lipinski definition) is 6. The molecule has 0 N–H and O–H groups in total. The summed E-state index contributed by atoms with van der Waals surface area (Å²) in [6, 6.07) is 5.93. The fourth-order valence-electron chi connectivity index (χ4n) is 8.15. The molecule has 9 heteroatoms. The monoisotopic (exact) mass is 559 g/mol. The summed E-state index contributed by atoms with van der Waals surface area (Å²) in [5, 5.41) is 0. The number of nitrogens with zero attached hydrogens (tertiary/aromatic N) is 5. The highest BCUT2D eigenvalue weighted by Crippen LogP contribution is 2.58. The summed E-state index contributed by atoms with van der Waals surface area (Å²) in [4.78, 5) is 28.0. The lowest BCUT2D eigenvalue weighted by molar-refractivity contribution is -0.131. The average molecular weight is 560 g/mol. The molecular formula is C32H35F2N5O2. The van der Waals surface area contributed by atoms with Gasteiger partial charge < -0.3 is 19.4 Å². The largest absolute Gasteiger partial charge is 0.462 e. The number of halogens is 2. The highest BCUT2D eigenvalue weighted by molar-refractivity contribution is 6.01. The third-order valence-electron chi connectivity index (χ3n) is 10.5. The third kappa shape index (κ3) is 3.95. The van der Waals surface area contributed by atoms with Crippen molar-refractivity contribution in [3.63, 3.8) is 0 Å². The van der Waals surface area contributed by atoms with E-state index in [1.165, 1.54) is 17.5 Å². The Labute approximate surface area is 238 Å². The van der Waals surface area contributed by atoms with Gasteiger partial charge in [0.05, 0.1) is 18.0 Å². The van der Waals surface area contributed by atoms with Crippen molar-refractivity contribution in [2.24, 2.45) is 21.8 Å². The Morgan fingerprint density at radius 3 is 2.90 bits per heavy atom. The van der Waals surface area contributed by atoms with Gasteiger partial charge in [-0.05, 0) is 74.2 Å². The smallest absolute Gasteiger partial charge is 0.314 e.